The van der Waals surface area contributed by atoms with Gasteiger partial charge in [-0.1, -0.05) is 72.4 Å². The first-order valence-corrected chi connectivity index (χ1v) is 12.9. The lowest BCUT2D eigenvalue weighted by molar-refractivity contribution is 0.0677. The molecule has 5 nitrogen and oxygen atoms in total. The van der Waals surface area contributed by atoms with Crippen LogP contribution in [0.1, 0.15) is 61.8 Å². The van der Waals surface area contributed by atoms with Gasteiger partial charge in [-0.15, -0.1) is 0 Å². The van der Waals surface area contributed by atoms with E-state index in [2.05, 4.69) is 22.9 Å². The maximum atomic E-state index is 13.7. The van der Waals surface area contributed by atoms with Crippen LogP contribution in [0.15, 0.2) is 88.1 Å². The van der Waals surface area contributed by atoms with E-state index < -0.39 is 6.04 Å². The molecule has 1 amide bonds. The van der Waals surface area contributed by atoms with Crippen molar-refractivity contribution < 1.29 is 4.79 Å². The number of aromatic nitrogens is 2. The standard InChI is InChI=1S/C29H30BrN3O2/c1-3-4-5-11-20-32(28(34)22-16-18-23(30)19-17-22)21(2)27-31-26-15-10-9-14-25(26)29(35)33(27)24-12-7-6-8-13-24/h6-10,12-19,21H,3-5,11,20H2,1-2H3. The van der Waals surface area contributed by atoms with Crippen LogP contribution < -0.4 is 5.56 Å². The second-order valence-corrected chi connectivity index (χ2v) is 9.62. The third-order valence-electron chi connectivity index (χ3n) is 6.26. The Labute approximate surface area is 214 Å². The summed E-state index contributed by atoms with van der Waals surface area (Å²) in [6, 6.07) is 23.9. The lowest BCUT2D eigenvalue weighted by Crippen LogP contribution is -2.38. The minimum Gasteiger partial charge on any atom is -0.329 e. The van der Waals surface area contributed by atoms with Crippen LogP contribution in [-0.2, 0) is 0 Å². The fourth-order valence-electron chi connectivity index (χ4n) is 4.33. The van der Waals surface area contributed by atoms with Gasteiger partial charge in [-0.05, 0) is 61.9 Å². The summed E-state index contributed by atoms with van der Waals surface area (Å²) < 4.78 is 2.58. The van der Waals surface area contributed by atoms with Gasteiger partial charge in [0.15, 0.2) is 0 Å². The number of hydrogen-bond acceptors (Lipinski definition) is 3. The fourth-order valence-corrected chi connectivity index (χ4v) is 4.60. The van der Waals surface area contributed by atoms with Gasteiger partial charge in [0.2, 0.25) is 0 Å². The summed E-state index contributed by atoms with van der Waals surface area (Å²) in [4.78, 5) is 34.2. The van der Waals surface area contributed by atoms with Crippen LogP contribution in [0.4, 0.5) is 0 Å². The zero-order valence-corrected chi connectivity index (χ0v) is 21.7. The van der Waals surface area contributed by atoms with Crippen LogP contribution in [0.25, 0.3) is 16.6 Å². The van der Waals surface area contributed by atoms with Gasteiger partial charge in [-0.3, -0.25) is 14.2 Å². The number of fused-ring (bicyclic) bond motifs is 1. The highest BCUT2D eigenvalue weighted by molar-refractivity contribution is 9.10. The van der Waals surface area contributed by atoms with Crippen molar-refractivity contribution in [2.45, 2.75) is 45.6 Å². The van der Waals surface area contributed by atoms with Crippen molar-refractivity contribution in [3.8, 4) is 5.69 Å². The second-order valence-electron chi connectivity index (χ2n) is 8.71. The summed E-state index contributed by atoms with van der Waals surface area (Å²) in [7, 11) is 0. The van der Waals surface area contributed by atoms with E-state index in [1.54, 1.807) is 10.6 Å². The Morgan fingerprint density at radius 2 is 1.63 bits per heavy atom. The third-order valence-corrected chi connectivity index (χ3v) is 6.79. The quantitative estimate of drug-likeness (QED) is 0.220. The minimum atomic E-state index is -0.412. The van der Waals surface area contributed by atoms with Crippen molar-refractivity contribution >= 4 is 32.7 Å². The molecule has 0 radical (unpaired) electrons. The molecule has 3 aromatic carbocycles. The highest BCUT2D eigenvalue weighted by atomic mass is 79.9. The maximum Gasteiger partial charge on any atom is 0.266 e. The number of amides is 1. The molecule has 1 aromatic heterocycles. The molecule has 35 heavy (non-hydrogen) atoms. The first-order valence-electron chi connectivity index (χ1n) is 12.1. The molecule has 0 aliphatic carbocycles. The first-order chi connectivity index (χ1) is 17.0. The average Bonchev–Trinajstić information content (AvgIpc) is 2.89. The molecule has 0 saturated heterocycles. The van der Waals surface area contributed by atoms with E-state index in [1.807, 2.05) is 84.6 Å². The molecule has 0 saturated carbocycles. The lowest BCUT2D eigenvalue weighted by atomic mass is 10.1. The van der Waals surface area contributed by atoms with E-state index >= 15 is 0 Å². The molecular weight excluding hydrogens is 502 g/mol. The van der Waals surface area contributed by atoms with Crippen LogP contribution >= 0.6 is 15.9 Å². The van der Waals surface area contributed by atoms with Crippen LogP contribution in [0.2, 0.25) is 0 Å². The van der Waals surface area contributed by atoms with Crippen molar-refractivity contribution in [3.63, 3.8) is 0 Å². The van der Waals surface area contributed by atoms with Crippen LogP contribution in [0.3, 0.4) is 0 Å². The van der Waals surface area contributed by atoms with Crippen molar-refractivity contribution in [3.05, 3.63) is 105 Å². The number of unbranched alkanes of at least 4 members (excludes halogenated alkanes) is 3. The van der Waals surface area contributed by atoms with Gasteiger partial charge in [-0.25, -0.2) is 4.98 Å². The highest BCUT2D eigenvalue weighted by Crippen LogP contribution is 2.25. The largest absolute Gasteiger partial charge is 0.329 e. The molecule has 0 aliphatic rings. The van der Waals surface area contributed by atoms with Gasteiger partial charge in [-0.2, -0.15) is 0 Å². The molecular formula is C29H30BrN3O2. The molecule has 1 unspecified atom stereocenters. The highest BCUT2D eigenvalue weighted by Gasteiger charge is 2.27. The molecule has 0 N–H and O–H groups in total. The van der Waals surface area contributed by atoms with Gasteiger partial charge in [0.1, 0.15) is 5.82 Å². The fraction of sp³-hybridized carbons (Fsp3) is 0.276. The van der Waals surface area contributed by atoms with E-state index in [0.29, 0.717) is 28.8 Å². The second kappa shape index (κ2) is 11.5. The molecule has 0 aliphatic heterocycles. The minimum absolute atomic E-state index is 0.0662. The summed E-state index contributed by atoms with van der Waals surface area (Å²) in [5.74, 6) is 0.490. The molecule has 4 rings (SSSR count). The predicted molar refractivity (Wildman–Crippen MR) is 145 cm³/mol. The molecule has 1 heterocycles. The number of hydrogen-bond donors (Lipinski definition) is 0. The van der Waals surface area contributed by atoms with Crippen LogP contribution in [0, 0.1) is 0 Å². The summed E-state index contributed by atoms with van der Waals surface area (Å²) in [6.45, 7) is 4.73. The molecule has 180 valence electrons. The SMILES string of the molecule is CCCCCCN(C(=O)c1ccc(Br)cc1)C(C)c1nc2ccccc2c(=O)n1-c1ccccc1. The summed E-state index contributed by atoms with van der Waals surface area (Å²) >= 11 is 3.45. The molecule has 0 bridgehead atoms. The predicted octanol–water partition coefficient (Wildman–Crippen LogP) is 6.93. The zero-order chi connectivity index (χ0) is 24.8. The van der Waals surface area contributed by atoms with Gasteiger partial charge in [0, 0.05) is 16.6 Å². The summed E-state index contributed by atoms with van der Waals surface area (Å²) in [6.07, 6.45) is 4.18. The lowest BCUT2D eigenvalue weighted by Gasteiger charge is -2.31. The Kier molecular flexibility index (Phi) is 8.13. The number of carbonyl (C=O) groups is 1. The van der Waals surface area contributed by atoms with Crippen molar-refractivity contribution in [2.24, 2.45) is 0 Å². The summed E-state index contributed by atoms with van der Waals surface area (Å²) in [5, 5.41) is 0.557. The molecule has 0 spiro atoms. The number of benzene rings is 3. The zero-order valence-electron chi connectivity index (χ0n) is 20.2. The van der Waals surface area contributed by atoms with Gasteiger partial charge >= 0.3 is 0 Å². The van der Waals surface area contributed by atoms with Crippen LogP contribution in [-0.4, -0.2) is 26.9 Å². The van der Waals surface area contributed by atoms with E-state index in [-0.39, 0.29) is 11.5 Å². The monoisotopic (exact) mass is 531 g/mol. The maximum absolute atomic E-state index is 13.7. The normalized spacial score (nSPS) is 12.0. The van der Waals surface area contributed by atoms with Gasteiger partial charge < -0.3 is 4.90 Å². The van der Waals surface area contributed by atoms with Crippen LogP contribution in [0.5, 0.6) is 0 Å². The van der Waals surface area contributed by atoms with E-state index in [9.17, 15) is 9.59 Å². The molecule has 0 fully saturated rings. The Balaban J connectivity index is 1.83. The Bertz CT molecular complexity index is 1350. The Morgan fingerprint density at radius 1 is 0.943 bits per heavy atom. The van der Waals surface area contributed by atoms with Gasteiger partial charge in [0.05, 0.1) is 22.6 Å². The van der Waals surface area contributed by atoms with E-state index in [1.165, 1.54) is 0 Å². The third kappa shape index (κ3) is 5.54. The number of rotatable bonds is 9. The van der Waals surface area contributed by atoms with Crippen molar-refractivity contribution in [1.82, 2.24) is 14.5 Å². The molecule has 1 atom stereocenters. The topological polar surface area (TPSA) is 55.2 Å². The first kappa shape index (κ1) is 24.9. The number of carbonyl (C=O) groups excluding carboxylic acids is 1. The average molecular weight is 532 g/mol. The Hall–Kier alpha value is -3.25. The van der Waals surface area contributed by atoms with Crippen molar-refractivity contribution in [2.75, 3.05) is 6.54 Å². The van der Waals surface area contributed by atoms with E-state index in [0.717, 1.165) is 35.8 Å². The Morgan fingerprint density at radius 3 is 2.34 bits per heavy atom. The van der Waals surface area contributed by atoms with Gasteiger partial charge in [0.25, 0.3) is 11.5 Å². The molecule has 4 aromatic rings. The summed E-state index contributed by atoms with van der Waals surface area (Å²) in [5.41, 5.74) is 1.85. The number of nitrogens with zero attached hydrogens (tertiary/aromatic N) is 3. The molecule has 6 heteroatoms. The van der Waals surface area contributed by atoms with Crippen molar-refractivity contribution in [1.29, 1.82) is 0 Å². The number of para-hydroxylation sites is 2. The number of halogens is 1. The van der Waals surface area contributed by atoms with E-state index in [4.69, 9.17) is 4.98 Å². The smallest absolute Gasteiger partial charge is 0.266 e.